The molecule has 2 heterocycles. The third-order valence-corrected chi connectivity index (χ3v) is 4.30. The lowest BCUT2D eigenvalue weighted by Gasteiger charge is -2.11. The van der Waals surface area contributed by atoms with Crippen LogP contribution in [0, 0.1) is 0 Å². The molecule has 0 aliphatic heterocycles. The normalized spacial score (nSPS) is 10.5. The van der Waals surface area contributed by atoms with Crippen molar-refractivity contribution in [3.63, 3.8) is 0 Å². The van der Waals surface area contributed by atoms with Crippen molar-refractivity contribution in [3.8, 4) is 39.4 Å². The SMILES string of the molecule is COc1ccc(-c2cnc(-c3ccccn3)c(-c3ccccc3)c2)cc1. The second-order valence-electron chi connectivity index (χ2n) is 5.93. The Hall–Kier alpha value is -3.46. The minimum Gasteiger partial charge on any atom is -0.497 e. The van der Waals surface area contributed by atoms with E-state index in [9.17, 15) is 0 Å². The highest BCUT2D eigenvalue weighted by Crippen LogP contribution is 2.33. The fraction of sp³-hybridized carbons (Fsp3) is 0.0435. The molecule has 0 aliphatic carbocycles. The number of pyridine rings is 2. The van der Waals surface area contributed by atoms with Gasteiger partial charge in [0.1, 0.15) is 5.75 Å². The molecular weight excluding hydrogens is 320 g/mol. The van der Waals surface area contributed by atoms with Gasteiger partial charge < -0.3 is 4.74 Å². The van der Waals surface area contributed by atoms with Crippen LogP contribution in [0.3, 0.4) is 0 Å². The molecule has 0 amide bonds. The molecular formula is C23H18N2O. The standard InChI is InChI=1S/C23H18N2O/c1-26-20-12-10-17(11-13-20)19-15-21(18-7-3-2-4-8-18)23(25-16-19)22-9-5-6-14-24-22/h2-16H,1H3. The molecule has 0 spiro atoms. The summed E-state index contributed by atoms with van der Waals surface area (Å²) in [5.74, 6) is 0.843. The summed E-state index contributed by atoms with van der Waals surface area (Å²) in [5.41, 5.74) is 6.10. The molecule has 0 bridgehead atoms. The quantitative estimate of drug-likeness (QED) is 0.494. The van der Waals surface area contributed by atoms with E-state index in [0.29, 0.717) is 0 Å². The lowest BCUT2D eigenvalue weighted by molar-refractivity contribution is 0.415. The van der Waals surface area contributed by atoms with Crippen LogP contribution >= 0.6 is 0 Å². The number of methoxy groups -OCH3 is 1. The molecule has 3 nitrogen and oxygen atoms in total. The van der Waals surface area contributed by atoms with E-state index in [1.165, 1.54) is 0 Å². The molecule has 26 heavy (non-hydrogen) atoms. The largest absolute Gasteiger partial charge is 0.497 e. The van der Waals surface area contributed by atoms with Gasteiger partial charge in [-0.15, -0.1) is 0 Å². The van der Waals surface area contributed by atoms with Crippen LogP contribution in [0.2, 0.25) is 0 Å². The van der Waals surface area contributed by atoms with Gasteiger partial charge in [0.05, 0.1) is 18.5 Å². The first-order valence-electron chi connectivity index (χ1n) is 8.46. The van der Waals surface area contributed by atoms with Gasteiger partial charge in [-0.3, -0.25) is 9.97 Å². The van der Waals surface area contributed by atoms with Gasteiger partial charge in [0.2, 0.25) is 0 Å². The molecule has 2 aromatic heterocycles. The van der Waals surface area contributed by atoms with E-state index >= 15 is 0 Å². The molecule has 4 rings (SSSR count). The Balaban J connectivity index is 1.86. The number of ether oxygens (including phenoxy) is 1. The summed E-state index contributed by atoms with van der Waals surface area (Å²) in [7, 11) is 1.67. The maximum atomic E-state index is 5.25. The van der Waals surface area contributed by atoms with Gasteiger partial charge in [0, 0.05) is 23.5 Å². The van der Waals surface area contributed by atoms with Crippen molar-refractivity contribution in [1.29, 1.82) is 0 Å². The Morgan fingerprint density at radius 1 is 0.692 bits per heavy atom. The second kappa shape index (κ2) is 7.19. The third-order valence-electron chi connectivity index (χ3n) is 4.30. The van der Waals surface area contributed by atoms with Crippen molar-refractivity contribution in [1.82, 2.24) is 9.97 Å². The summed E-state index contributed by atoms with van der Waals surface area (Å²) in [6.45, 7) is 0. The predicted molar refractivity (Wildman–Crippen MR) is 105 cm³/mol. The zero-order valence-electron chi connectivity index (χ0n) is 14.5. The highest BCUT2D eigenvalue weighted by molar-refractivity contribution is 5.83. The molecule has 0 saturated carbocycles. The first kappa shape index (κ1) is 16.0. The zero-order chi connectivity index (χ0) is 17.8. The van der Waals surface area contributed by atoms with Gasteiger partial charge in [-0.2, -0.15) is 0 Å². The lowest BCUT2D eigenvalue weighted by atomic mass is 9.97. The van der Waals surface area contributed by atoms with Crippen molar-refractivity contribution in [3.05, 3.63) is 91.3 Å². The summed E-state index contributed by atoms with van der Waals surface area (Å²) >= 11 is 0. The number of benzene rings is 2. The van der Waals surface area contributed by atoms with Crippen LogP contribution in [-0.4, -0.2) is 17.1 Å². The fourth-order valence-electron chi connectivity index (χ4n) is 2.95. The second-order valence-corrected chi connectivity index (χ2v) is 5.93. The molecule has 4 aromatic rings. The van der Waals surface area contributed by atoms with Crippen LogP contribution in [-0.2, 0) is 0 Å². The van der Waals surface area contributed by atoms with Crippen LogP contribution in [0.5, 0.6) is 5.75 Å². The average Bonchev–Trinajstić information content (AvgIpc) is 2.75. The Morgan fingerprint density at radius 2 is 1.46 bits per heavy atom. The number of aromatic nitrogens is 2. The highest BCUT2D eigenvalue weighted by atomic mass is 16.5. The smallest absolute Gasteiger partial charge is 0.118 e. The van der Waals surface area contributed by atoms with Gasteiger partial charge >= 0.3 is 0 Å². The number of nitrogens with zero attached hydrogens (tertiary/aromatic N) is 2. The van der Waals surface area contributed by atoms with E-state index in [4.69, 9.17) is 9.72 Å². The summed E-state index contributed by atoms with van der Waals surface area (Å²) in [5, 5.41) is 0. The maximum absolute atomic E-state index is 5.25. The Labute approximate surface area is 153 Å². The molecule has 0 unspecified atom stereocenters. The fourth-order valence-corrected chi connectivity index (χ4v) is 2.95. The molecule has 126 valence electrons. The summed E-state index contributed by atoms with van der Waals surface area (Å²) < 4.78 is 5.25. The van der Waals surface area contributed by atoms with E-state index < -0.39 is 0 Å². The van der Waals surface area contributed by atoms with E-state index in [1.807, 2.05) is 66.9 Å². The van der Waals surface area contributed by atoms with Crippen LogP contribution < -0.4 is 4.74 Å². The molecule has 0 N–H and O–H groups in total. The number of hydrogen-bond donors (Lipinski definition) is 0. The topological polar surface area (TPSA) is 35.0 Å². The zero-order valence-corrected chi connectivity index (χ0v) is 14.5. The highest BCUT2D eigenvalue weighted by Gasteiger charge is 2.12. The molecule has 0 fully saturated rings. The molecule has 3 heteroatoms. The van der Waals surface area contributed by atoms with E-state index in [0.717, 1.165) is 39.4 Å². The summed E-state index contributed by atoms with van der Waals surface area (Å²) in [6, 6.07) is 26.4. The minimum atomic E-state index is 0.843. The monoisotopic (exact) mass is 338 g/mol. The number of rotatable bonds is 4. The van der Waals surface area contributed by atoms with Crippen molar-refractivity contribution in [2.24, 2.45) is 0 Å². The van der Waals surface area contributed by atoms with Gasteiger partial charge in [-0.1, -0.05) is 48.5 Å². The predicted octanol–water partition coefficient (Wildman–Crippen LogP) is 5.49. The molecule has 0 radical (unpaired) electrons. The summed E-state index contributed by atoms with van der Waals surface area (Å²) in [6.07, 6.45) is 3.70. The van der Waals surface area contributed by atoms with Crippen molar-refractivity contribution in [2.75, 3.05) is 7.11 Å². The minimum absolute atomic E-state index is 0.843. The molecule has 0 aliphatic rings. The maximum Gasteiger partial charge on any atom is 0.118 e. The van der Waals surface area contributed by atoms with Gasteiger partial charge in [-0.25, -0.2) is 0 Å². The van der Waals surface area contributed by atoms with Crippen LogP contribution in [0.1, 0.15) is 0 Å². The van der Waals surface area contributed by atoms with Crippen molar-refractivity contribution >= 4 is 0 Å². The molecule has 0 atom stereocenters. The van der Waals surface area contributed by atoms with Crippen molar-refractivity contribution < 1.29 is 4.74 Å². The Bertz CT molecular complexity index is 997. The van der Waals surface area contributed by atoms with E-state index in [2.05, 4.69) is 23.2 Å². The van der Waals surface area contributed by atoms with Gasteiger partial charge in [0.15, 0.2) is 0 Å². The lowest BCUT2D eigenvalue weighted by Crippen LogP contribution is -1.93. The molecule has 2 aromatic carbocycles. The van der Waals surface area contributed by atoms with E-state index in [1.54, 1.807) is 13.3 Å². The molecule has 0 saturated heterocycles. The third kappa shape index (κ3) is 3.20. The van der Waals surface area contributed by atoms with Gasteiger partial charge in [-0.05, 0) is 41.5 Å². The Kier molecular flexibility index (Phi) is 4.44. The number of hydrogen-bond acceptors (Lipinski definition) is 3. The first-order valence-corrected chi connectivity index (χ1v) is 8.46. The van der Waals surface area contributed by atoms with Crippen molar-refractivity contribution in [2.45, 2.75) is 0 Å². The summed E-state index contributed by atoms with van der Waals surface area (Å²) in [4.78, 5) is 9.23. The first-order chi connectivity index (χ1) is 12.8. The van der Waals surface area contributed by atoms with Gasteiger partial charge in [0.25, 0.3) is 0 Å². The van der Waals surface area contributed by atoms with Crippen LogP contribution in [0.25, 0.3) is 33.6 Å². The van der Waals surface area contributed by atoms with Crippen LogP contribution in [0.15, 0.2) is 91.3 Å². The van der Waals surface area contributed by atoms with Crippen LogP contribution in [0.4, 0.5) is 0 Å². The average molecular weight is 338 g/mol. The Morgan fingerprint density at radius 3 is 2.15 bits per heavy atom. The van der Waals surface area contributed by atoms with E-state index in [-0.39, 0.29) is 0 Å².